The average Bonchev–Trinajstić information content (AvgIpc) is 3.01. The van der Waals surface area contributed by atoms with Crippen LogP contribution in [0.4, 0.5) is 0 Å². The SMILES string of the molecule is O=C(CCCn1c(O)c2c(c1O)C1C=CC2CC1)N1CCC2CCCCC2C1. The van der Waals surface area contributed by atoms with Crippen molar-refractivity contribution < 1.29 is 15.0 Å². The van der Waals surface area contributed by atoms with Gasteiger partial charge in [0.25, 0.3) is 0 Å². The van der Waals surface area contributed by atoms with Crippen LogP contribution >= 0.6 is 0 Å². The summed E-state index contributed by atoms with van der Waals surface area (Å²) in [6.07, 6.45) is 14.0. The summed E-state index contributed by atoms with van der Waals surface area (Å²) in [5, 5.41) is 21.4. The van der Waals surface area contributed by atoms with Gasteiger partial charge in [0.15, 0.2) is 11.8 Å². The van der Waals surface area contributed by atoms with Crippen molar-refractivity contribution in [3.8, 4) is 11.8 Å². The molecule has 4 atom stereocenters. The molecule has 1 aromatic rings. The molecule has 4 unspecified atom stereocenters. The molecule has 4 aliphatic carbocycles. The molecule has 5 heteroatoms. The summed E-state index contributed by atoms with van der Waals surface area (Å²) in [6.45, 7) is 2.34. The van der Waals surface area contributed by atoms with E-state index in [1.807, 2.05) is 0 Å². The van der Waals surface area contributed by atoms with E-state index in [0.29, 0.717) is 25.3 Å². The first-order chi connectivity index (χ1) is 13.6. The number of piperidine rings is 1. The number of likely N-dealkylation sites (tertiary alicyclic amines) is 1. The Hall–Kier alpha value is -1.91. The number of fused-ring (bicyclic) bond motifs is 2. The van der Waals surface area contributed by atoms with Crippen LogP contribution in [0.25, 0.3) is 0 Å². The number of carbonyl (C=O) groups is 1. The lowest BCUT2D eigenvalue weighted by molar-refractivity contribution is -0.134. The van der Waals surface area contributed by atoms with Gasteiger partial charge in [0.2, 0.25) is 5.91 Å². The summed E-state index contributed by atoms with van der Waals surface area (Å²) in [5.41, 5.74) is 1.84. The van der Waals surface area contributed by atoms with Crippen LogP contribution in [0.15, 0.2) is 12.2 Å². The molecule has 2 heterocycles. The van der Waals surface area contributed by atoms with Gasteiger partial charge in [-0.05, 0) is 43.9 Å². The number of hydrogen-bond donors (Lipinski definition) is 2. The molecule has 2 bridgehead atoms. The molecule has 1 aromatic heterocycles. The molecule has 0 aromatic carbocycles. The molecule has 2 N–H and O–H groups in total. The van der Waals surface area contributed by atoms with Gasteiger partial charge >= 0.3 is 0 Å². The van der Waals surface area contributed by atoms with E-state index in [1.165, 1.54) is 25.7 Å². The summed E-state index contributed by atoms with van der Waals surface area (Å²) in [6, 6.07) is 0. The van der Waals surface area contributed by atoms with Gasteiger partial charge in [0.1, 0.15) is 0 Å². The lowest BCUT2D eigenvalue weighted by Crippen LogP contribution is -2.44. The maximum atomic E-state index is 12.7. The first-order valence-corrected chi connectivity index (χ1v) is 11.2. The van der Waals surface area contributed by atoms with Gasteiger partial charge in [-0.1, -0.05) is 31.4 Å². The average molecular weight is 385 g/mol. The third-order valence-electron chi connectivity index (χ3n) is 7.81. The van der Waals surface area contributed by atoms with Gasteiger partial charge in [0.05, 0.1) is 0 Å². The third kappa shape index (κ3) is 2.94. The molecule has 28 heavy (non-hydrogen) atoms. The van der Waals surface area contributed by atoms with E-state index in [4.69, 9.17) is 0 Å². The normalized spacial score (nSPS) is 30.9. The molecule has 6 rings (SSSR count). The number of aromatic hydroxyl groups is 2. The summed E-state index contributed by atoms with van der Waals surface area (Å²) < 4.78 is 1.63. The Kier molecular flexibility index (Phi) is 4.64. The van der Waals surface area contributed by atoms with Crippen molar-refractivity contribution in [2.24, 2.45) is 11.8 Å². The van der Waals surface area contributed by atoms with Crippen LogP contribution in [0.5, 0.6) is 11.8 Å². The van der Waals surface area contributed by atoms with Crippen LogP contribution in [0.1, 0.15) is 80.8 Å². The minimum absolute atomic E-state index is 0.210. The smallest absolute Gasteiger partial charge is 0.222 e. The van der Waals surface area contributed by atoms with Crippen molar-refractivity contribution in [1.29, 1.82) is 0 Å². The first kappa shape index (κ1) is 18.1. The van der Waals surface area contributed by atoms with E-state index in [-0.39, 0.29) is 29.5 Å². The Morgan fingerprint density at radius 3 is 2.21 bits per heavy atom. The third-order valence-corrected chi connectivity index (χ3v) is 7.81. The second-order valence-electron chi connectivity index (χ2n) is 9.34. The van der Waals surface area contributed by atoms with Crippen LogP contribution in [-0.4, -0.2) is 38.7 Å². The van der Waals surface area contributed by atoms with E-state index in [2.05, 4.69) is 17.1 Å². The van der Waals surface area contributed by atoms with E-state index in [0.717, 1.165) is 49.4 Å². The van der Waals surface area contributed by atoms with Crippen molar-refractivity contribution in [3.63, 3.8) is 0 Å². The number of carbonyl (C=O) groups excluding carboxylic acids is 1. The Morgan fingerprint density at radius 2 is 1.57 bits per heavy atom. The molecule has 1 aliphatic heterocycles. The van der Waals surface area contributed by atoms with E-state index in [9.17, 15) is 15.0 Å². The molecule has 1 saturated heterocycles. The van der Waals surface area contributed by atoms with E-state index < -0.39 is 0 Å². The van der Waals surface area contributed by atoms with Crippen LogP contribution in [-0.2, 0) is 11.3 Å². The highest BCUT2D eigenvalue weighted by Gasteiger charge is 2.37. The molecular weight excluding hydrogens is 352 g/mol. The fraction of sp³-hybridized carbons (Fsp3) is 0.696. The second-order valence-corrected chi connectivity index (χ2v) is 9.34. The fourth-order valence-electron chi connectivity index (χ4n) is 6.25. The largest absolute Gasteiger partial charge is 0.494 e. The number of amides is 1. The van der Waals surface area contributed by atoms with E-state index in [1.54, 1.807) is 4.57 Å². The van der Waals surface area contributed by atoms with Crippen molar-refractivity contribution in [3.05, 3.63) is 23.3 Å². The van der Waals surface area contributed by atoms with Crippen LogP contribution in [0, 0.1) is 11.8 Å². The maximum absolute atomic E-state index is 12.7. The van der Waals surface area contributed by atoms with Gasteiger partial charge in [0, 0.05) is 49.0 Å². The molecule has 5 aliphatic rings. The second kappa shape index (κ2) is 7.16. The fourth-order valence-corrected chi connectivity index (χ4v) is 6.25. The number of nitrogens with zero attached hydrogens (tertiary/aromatic N) is 2. The van der Waals surface area contributed by atoms with Gasteiger partial charge < -0.3 is 15.1 Å². The highest BCUT2D eigenvalue weighted by molar-refractivity contribution is 5.76. The lowest BCUT2D eigenvalue weighted by Gasteiger charge is -2.41. The summed E-state index contributed by atoms with van der Waals surface area (Å²) in [7, 11) is 0. The summed E-state index contributed by atoms with van der Waals surface area (Å²) >= 11 is 0. The molecule has 1 saturated carbocycles. The highest BCUT2D eigenvalue weighted by Crippen LogP contribution is 2.53. The Balaban J connectivity index is 1.20. The van der Waals surface area contributed by atoms with Gasteiger partial charge in [-0.3, -0.25) is 9.36 Å². The standard InChI is InChI=1S/C23H32N2O3/c26-19(24-13-11-15-4-1-2-5-18(15)14-24)6-3-12-25-22(27)20-16-7-8-17(10-9-16)21(20)23(25)28/h7-8,15-18,27-28H,1-6,9-14H2. The zero-order valence-electron chi connectivity index (χ0n) is 16.6. The van der Waals surface area contributed by atoms with Gasteiger partial charge in [-0.15, -0.1) is 0 Å². The Morgan fingerprint density at radius 1 is 0.929 bits per heavy atom. The molecular formula is C23H32N2O3. The predicted octanol–water partition coefficient (Wildman–Crippen LogP) is 4.25. The minimum Gasteiger partial charge on any atom is -0.494 e. The maximum Gasteiger partial charge on any atom is 0.222 e. The number of rotatable bonds is 4. The quantitative estimate of drug-likeness (QED) is 0.763. The Labute approximate surface area is 167 Å². The lowest BCUT2D eigenvalue weighted by atomic mass is 9.73. The molecule has 2 fully saturated rings. The van der Waals surface area contributed by atoms with Crippen molar-refractivity contribution in [1.82, 2.24) is 9.47 Å². The molecule has 0 radical (unpaired) electrons. The zero-order chi connectivity index (χ0) is 19.3. The van der Waals surface area contributed by atoms with Gasteiger partial charge in [-0.25, -0.2) is 0 Å². The van der Waals surface area contributed by atoms with E-state index >= 15 is 0 Å². The van der Waals surface area contributed by atoms with Crippen LogP contribution in [0.3, 0.4) is 0 Å². The van der Waals surface area contributed by atoms with Gasteiger partial charge in [-0.2, -0.15) is 0 Å². The predicted molar refractivity (Wildman–Crippen MR) is 107 cm³/mol. The summed E-state index contributed by atoms with van der Waals surface area (Å²) in [5.74, 6) is 2.65. The van der Waals surface area contributed by atoms with Crippen molar-refractivity contribution >= 4 is 5.91 Å². The highest BCUT2D eigenvalue weighted by atomic mass is 16.3. The topological polar surface area (TPSA) is 65.7 Å². The van der Waals surface area contributed by atoms with Crippen LogP contribution < -0.4 is 0 Å². The zero-order valence-corrected chi connectivity index (χ0v) is 16.6. The first-order valence-electron chi connectivity index (χ1n) is 11.2. The molecule has 0 spiro atoms. The number of allylic oxidation sites excluding steroid dienone is 2. The van der Waals surface area contributed by atoms with Crippen LogP contribution in [0.2, 0.25) is 0 Å². The summed E-state index contributed by atoms with van der Waals surface area (Å²) in [4.78, 5) is 14.8. The molecule has 5 nitrogen and oxygen atoms in total. The number of hydrogen-bond acceptors (Lipinski definition) is 3. The minimum atomic E-state index is 0.210. The Bertz CT molecular complexity index is 759. The van der Waals surface area contributed by atoms with Crippen molar-refractivity contribution in [2.75, 3.05) is 13.1 Å². The molecule has 152 valence electrons. The number of aromatic nitrogens is 1. The van der Waals surface area contributed by atoms with Crippen molar-refractivity contribution in [2.45, 2.75) is 76.2 Å². The monoisotopic (exact) mass is 384 g/mol. The molecule has 1 amide bonds.